The zero-order valence-electron chi connectivity index (χ0n) is 47.0. The van der Waals surface area contributed by atoms with Gasteiger partial charge >= 0.3 is 0 Å². The summed E-state index contributed by atoms with van der Waals surface area (Å²) in [5, 5.41) is 13.8. The summed E-state index contributed by atoms with van der Waals surface area (Å²) in [6, 6.07) is -0.902. The monoisotopic (exact) mass is 1000 g/mol. The van der Waals surface area contributed by atoms with Gasteiger partial charge in [-0.1, -0.05) is 262 Å². The van der Waals surface area contributed by atoms with E-state index < -0.39 is 26.6 Å². The van der Waals surface area contributed by atoms with Crippen molar-refractivity contribution in [2.75, 3.05) is 40.9 Å². The van der Waals surface area contributed by atoms with Gasteiger partial charge in [-0.15, -0.1) is 0 Å². The highest BCUT2D eigenvalue weighted by Gasteiger charge is 2.23. The van der Waals surface area contributed by atoms with Crippen molar-refractivity contribution in [3.8, 4) is 0 Å². The van der Waals surface area contributed by atoms with Crippen LogP contribution in [0.15, 0.2) is 48.6 Å². The van der Waals surface area contributed by atoms with Crippen molar-refractivity contribution < 1.29 is 32.9 Å². The molecule has 0 aromatic heterocycles. The van der Waals surface area contributed by atoms with Gasteiger partial charge in [-0.2, -0.15) is 0 Å². The number of carbonyl (C=O) groups excluding carboxylic acids is 1. The van der Waals surface area contributed by atoms with Crippen LogP contribution in [0.4, 0.5) is 0 Å². The molecular formula is C61H117N2O6P. The van der Waals surface area contributed by atoms with Crippen molar-refractivity contribution in [3.05, 3.63) is 48.6 Å². The minimum absolute atomic E-state index is 0.00622. The van der Waals surface area contributed by atoms with Gasteiger partial charge in [-0.25, -0.2) is 0 Å². The number of allylic oxidation sites excluding steroid dienone is 7. The zero-order valence-corrected chi connectivity index (χ0v) is 47.9. The van der Waals surface area contributed by atoms with Gasteiger partial charge in [-0.3, -0.25) is 9.36 Å². The van der Waals surface area contributed by atoms with E-state index in [1.165, 1.54) is 218 Å². The fourth-order valence-electron chi connectivity index (χ4n) is 8.79. The minimum atomic E-state index is -4.60. The highest BCUT2D eigenvalue weighted by atomic mass is 31.2. The average Bonchev–Trinajstić information content (AvgIpc) is 3.32. The van der Waals surface area contributed by atoms with Crippen LogP contribution in [0.2, 0.25) is 0 Å². The van der Waals surface area contributed by atoms with Crippen molar-refractivity contribution in [3.63, 3.8) is 0 Å². The maximum absolute atomic E-state index is 12.9. The molecule has 2 N–H and O–H groups in total. The van der Waals surface area contributed by atoms with Crippen LogP contribution in [0.3, 0.4) is 0 Å². The summed E-state index contributed by atoms with van der Waals surface area (Å²) in [7, 11) is 1.25. The smallest absolute Gasteiger partial charge is 0.268 e. The number of aliphatic hydroxyl groups is 1. The Morgan fingerprint density at radius 2 is 0.843 bits per heavy atom. The van der Waals surface area contributed by atoms with Crippen LogP contribution in [-0.4, -0.2) is 68.5 Å². The van der Waals surface area contributed by atoms with E-state index in [9.17, 15) is 19.4 Å². The van der Waals surface area contributed by atoms with E-state index in [2.05, 4.69) is 55.6 Å². The standard InChI is InChI=1S/C61H117N2O6P/c1-6-8-10-12-14-16-18-20-21-22-23-24-25-26-27-28-29-30-31-32-33-34-35-36-37-38-39-40-41-43-45-47-49-51-53-55-61(65)62-59(58-69-70(66,67)68-57-56-63(3,4)5)60(64)54-52-50-48-46-44-42-19-17-15-13-11-9-7-2/h25-26,28-29,44,46,52,54,59-60,64H,6-24,27,30-43,45,47-51,53,55-58H2,1-5H3,(H-,62,65,66,67)/b26-25-,29-28-,46-44+,54-52+. The van der Waals surface area contributed by atoms with Gasteiger partial charge in [0.2, 0.25) is 5.91 Å². The third-order valence-corrected chi connectivity index (χ3v) is 14.5. The number of nitrogens with one attached hydrogen (secondary N) is 1. The van der Waals surface area contributed by atoms with E-state index in [4.69, 9.17) is 9.05 Å². The van der Waals surface area contributed by atoms with E-state index in [1.807, 2.05) is 27.2 Å². The summed E-state index contributed by atoms with van der Waals surface area (Å²) >= 11 is 0. The number of amides is 1. The number of hydrogen-bond acceptors (Lipinski definition) is 6. The molecule has 0 aromatic carbocycles. The van der Waals surface area contributed by atoms with Crippen molar-refractivity contribution in [2.45, 2.75) is 296 Å². The lowest BCUT2D eigenvalue weighted by Crippen LogP contribution is -2.45. The first-order valence-corrected chi connectivity index (χ1v) is 31.5. The van der Waals surface area contributed by atoms with Crippen LogP contribution >= 0.6 is 7.82 Å². The molecule has 0 fully saturated rings. The second kappa shape index (κ2) is 52.3. The summed E-state index contributed by atoms with van der Waals surface area (Å²) in [6.07, 6.45) is 69.3. The molecule has 3 atom stereocenters. The highest BCUT2D eigenvalue weighted by molar-refractivity contribution is 7.45. The van der Waals surface area contributed by atoms with Gasteiger partial charge in [-0.05, 0) is 64.2 Å². The Bertz CT molecular complexity index is 1280. The molecule has 0 aliphatic carbocycles. The topological polar surface area (TPSA) is 108 Å². The molecule has 0 saturated heterocycles. The fourth-order valence-corrected chi connectivity index (χ4v) is 9.51. The molecule has 0 heterocycles. The van der Waals surface area contributed by atoms with Crippen molar-refractivity contribution in [1.29, 1.82) is 0 Å². The Balaban J connectivity index is 3.99. The lowest BCUT2D eigenvalue weighted by atomic mass is 10.0. The number of hydrogen-bond donors (Lipinski definition) is 2. The number of unbranched alkanes of at least 4 members (excludes halogenated alkanes) is 36. The molecule has 0 aliphatic rings. The number of aliphatic hydroxyl groups excluding tert-OH is 1. The lowest BCUT2D eigenvalue weighted by Gasteiger charge is -2.29. The van der Waals surface area contributed by atoms with E-state index in [1.54, 1.807) is 6.08 Å². The number of quaternary nitrogens is 1. The molecular weight excluding hydrogens is 888 g/mol. The fraction of sp³-hybridized carbons (Fsp3) is 0.852. The molecule has 3 unspecified atom stereocenters. The van der Waals surface area contributed by atoms with Crippen molar-refractivity contribution in [2.24, 2.45) is 0 Å². The predicted molar refractivity (Wildman–Crippen MR) is 302 cm³/mol. The average molecular weight is 1010 g/mol. The Hall–Kier alpha value is -1.54. The molecule has 0 bridgehead atoms. The zero-order chi connectivity index (χ0) is 51.3. The van der Waals surface area contributed by atoms with Crippen LogP contribution in [-0.2, 0) is 18.4 Å². The van der Waals surface area contributed by atoms with Gasteiger partial charge in [0.1, 0.15) is 13.2 Å². The molecule has 9 heteroatoms. The third kappa shape index (κ3) is 54.2. The summed E-state index contributed by atoms with van der Waals surface area (Å²) in [5.74, 6) is -0.206. The van der Waals surface area contributed by atoms with E-state index in [0.29, 0.717) is 17.4 Å². The SMILES string of the molecule is CCCCCCCCC/C=C/CC/C=C/C(O)C(COP(=O)([O-])OCC[N+](C)(C)C)NC(=O)CCCCCCCCCCCCCCCCCCC/C=C\C/C=C\CCCCCCCCCCCCC. The molecule has 0 radical (unpaired) electrons. The first-order valence-electron chi connectivity index (χ1n) is 30.0. The quantitative estimate of drug-likeness (QED) is 0.0272. The van der Waals surface area contributed by atoms with E-state index in [-0.39, 0.29) is 12.5 Å². The Kier molecular flexibility index (Phi) is 51.2. The minimum Gasteiger partial charge on any atom is -0.756 e. The maximum atomic E-state index is 12.9. The normalized spacial score (nSPS) is 14.2. The van der Waals surface area contributed by atoms with Crippen molar-refractivity contribution in [1.82, 2.24) is 5.32 Å². The second-order valence-corrected chi connectivity index (χ2v) is 23.1. The molecule has 0 saturated carbocycles. The summed E-state index contributed by atoms with van der Waals surface area (Å²) in [5.41, 5.74) is 0. The molecule has 0 aliphatic heterocycles. The largest absolute Gasteiger partial charge is 0.756 e. The molecule has 0 spiro atoms. The van der Waals surface area contributed by atoms with Crippen LogP contribution in [0.25, 0.3) is 0 Å². The number of likely N-dealkylation sites (N-methyl/N-ethyl adjacent to an activating group) is 1. The van der Waals surface area contributed by atoms with Gasteiger partial charge < -0.3 is 28.8 Å². The van der Waals surface area contributed by atoms with Crippen LogP contribution in [0, 0.1) is 0 Å². The van der Waals surface area contributed by atoms with Gasteiger partial charge in [0.25, 0.3) is 7.82 Å². The molecule has 0 aromatic rings. The molecule has 1 amide bonds. The Morgan fingerprint density at radius 3 is 1.24 bits per heavy atom. The van der Waals surface area contributed by atoms with Crippen LogP contribution in [0.5, 0.6) is 0 Å². The lowest BCUT2D eigenvalue weighted by molar-refractivity contribution is -0.870. The van der Waals surface area contributed by atoms with E-state index >= 15 is 0 Å². The molecule has 412 valence electrons. The van der Waals surface area contributed by atoms with E-state index in [0.717, 1.165) is 44.9 Å². The van der Waals surface area contributed by atoms with Gasteiger partial charge in [0.15, 0.2) is 0 Å². The van der Waals surface area contributed by atoms with Gasteiger partial charge in [0, 0.05) is 6.42 Å². The van der Waals surface area contributed by atoms with Crippen molar-refractivity contribution >= 4 is 13.7 Å². The summed E-state index contributed by atoms with van der Waals surface area (Å²) in [6.45, 7) is 4.63. The molecule has 8 nitrogen and oxygen atoms in total. The summed E-state index contributed by atoms with van der Waals surface area (Å²) in [4.78, 5) is 25.4. The summed E-state index contributed by atoms with van der Waals surface area (Å²) < 4.78 is 23.3. The Morgan fingerprint density at radius 1 is 0.500 bits per heavy atom. The molecule has 70 heavy (non-hydrogen) atoms. The first-order chi connectivity index (χ1) is 34.0. The van der Waals surface area contributed by atoms with Crippen LogP contribution in [0.1, 0.15) is 284 Å². The third-order valence-electron chi connectivity index (χ3n) is 13.5. The second-order valence-electron chi connectivity index (χ2n) is 21.7. The number of nitrogens with zero attached hydrogens (tertiary/aromatic N) is 1. The van der Waals surface area contributed by atoms with Gasteiger partial charge in [0.05, 0.1) is 39.9 Å². The maximum Gasteiger partial charge on any atom is 0.268 e. The number of phosphoric ester groups is 1. The highest BCUT2D eigenvalue weighted by Crippen LogP contribution is 2.38. The number of rotatable bonds is 55. The number of carbonyl (C=O) groups is 1. The molecule has 0 rings (SSSR count). The predicted octanol–water partition coefficient (Wildman–Crippen LogP) is 17.7. The first kappa shape index (κ1) is 68.5. The number of phosphoric acid groups is 1. The van der Waals surface area contributed by atoms with Crippen LogP contribution < -0.4 is 10.2 Å². The Labute approximate surface area is 435 Å².